The van der Waals surface area contributed by atoms with E-state index in [2.05, 4.69) is 4.90 Å². The van der Waals surface area contributed by atoms with E-state index < -0.39 is 0 Å². The SMILES string of the molecule is CC(C)C(=O)N1CCN(Cc2ccco2)C[C@@]2(CC(=O)N(C)C2)C1. The molecule has 0 saturated carbocycles. The molecule has 0 aliphatic carbocycles. The summed E-state index contributed by atoms with van der Waals surface area (Å²) in [4.78, 5) is 30.8. The molecule has 0 aromatic carbocycles. The summed E-state index contributed by atoms with van der Waals surface area (Å²) >= 11 is 0. The molecule has 132 valence electrons. The zero-order valence-electron chi connectivity index (χ0n) is 14.8. The van der Waals surface area contributed by atoms with Crippen LogP contribution in [0.1, 0.15) is 26.0 Å². The number of furan rings is 1. The van der Waals surface area contributed by atoms with Gasteiger partial charge in [-0.3, -0.25) is 14.5 Å². The number of likely N-dealkylation sites (tertiary alicyclic amines) is 1. The van der Waals surface area contributed by atoms with Crippen molar-refractivity contribution >= 4 is 11.8 Å². The zero-order valence-corrected chi connectivity index (χ0v) is 14.8. The highest BCUT2D eigenvalue weighted by atomic mass is 16.3. The summed E-state index contributed by atoms with van der Waals surface area (Å²) in [5, 5.41) is 0. The molecule has 24 heavy (non-hydrogen) atoms. The molecule has 6 nitrogen and oxygen atoms in total. The largest absolute Gasteiger partial charge is 0.468 e. The Kier molecular flexibility index (Phi) is 4.67. The van der Waals surface area contributed by atoms with Gasteiger partial charge in [0.05, 0.1) is 12.8 Å². The minimum Gasteiger partial charge on any atom is -0.468 e. The lowest BCUT2D eigenvalue weighted by Crippen LogP contribution is -2.45. The Morgan fingerprint density at radius 3 is 2.67 bits per heavy atom. The summed E-state index contributed by atoms with van der Waals surface area (Å²) in [5.74, 6) is 1.25. The zero-order chi connectivity index (χ0) is 17.3. The van der Waals surface area contributed by atoms with E-state index in [0.29, 0.717) is 26.1 Å². The van der Waals surface area contributed by atoms with E-state index in [-0.39, 0.29) is 23.1 Å². The fraction of sp³-hybridized carbons (Fsp3) is 0.667. The number of nitrogens with zero attached hydrogens (tertiary/aromatic N) is 3. The number of hydrogen-bond donors (Lipinski definition) is 0. The molecule has 2 aliphatic rings. The second-order valence-electron chi connectivity index (χ2n) is 7.63. The van der Waals surface area contributed by atoms with Crippen LogP contribution in [-0.2, 0) is 16.1 Å². The van der Waals surface area contributed by atoms with E-state index in [1.54, 1.807) is 11.2 Å². The van der Waals surface area contributed by atoms with Gasteiger partial charge >= 0.3 is 0 Å². The van der Waals surface area contributed by atoms with Crippen molar-refractivity contribution in [3.63, 3.8) is 0 Å². The molecule has 2 aliphatic heterocycles. The maximum Gasteiger partial charge on any atom is 0.225 e. The number of rotatable bonds is 3. The van der Waals surface area contributed by atoms with Gasteiger partial charge in [0.1, 0.15) is 5.76 Å². The molecule has 0 N–H and O–H groups in total. The first-order valence-electron chi connectivity index (χ1n) is 8.66. The van der Waals surface area contributed by atoms with Gasteiger partial charge in [-0.2, -0.15) is 0 Å². The first-order chi connectivity index (χ1) is 11.4. The van der Waals surface area contributed by atoms with Crippen molar-refractivity contribution in [1.82, 2.24) is 14.7 Å². The molecule has 2 fully saturated rings. The lowest BCUT2D eigenvalue weighted by atomic mass is 9.85. The summed E-state index contributed by atoms with van der Waals surface area (Å²) in [6, 6.07) is 3.87. The van der Waals surface area contributed by atoms with Gasteiger partial charge in [0.25, 0.3) is 0 Å². The molecule has 1 aromatic heterocycles. The van der Waals surface area contributed by atoms with Crippen molar-refractivity contribution in [3.8, 4) is 0 Å². The van der Waals surface area contributed by atoms with Crippen LogP contribution in [0.15, 0.2) is 22.8 Å². The van der Waals surface area contributed by atoms with Crippen molar-refractivity contribution in [2.45, 2.75) is 26.8 Å². The summed E-state index contributed by atoms with van der Waals surface area (Å²) in [7, 11) is 1.85. The van der Waals surface area contributed by atoms with Crippen LogP contribution in [0.3, 0.4) is 0 Å². The first-order valence-corrected chi connectivity index (χ1v) is 8.66. The van der Waals surface area contributed by atoms with Crippen molar-refractivity contribution in [2.75, 3.05) is 39.8 Å². The fourth-order valence-electron chi connectivity index (χ4n) is 3.98. The van der Waals surface area contributed by atoms with Gasteiger partial charge in [0.2, 0.25) is 11.8 Å². The van der Waals surface area contributed by atoms with E-state index in [1.165, 1.54) is 0 Å². The second kappa shape index (κ2) is 6.59. The van der Waals surface area contributed by atoms with Crippen LogP contribution in [0.25, 0.3) is 0 Å². The molecule has 0 unspecified atom stereocenters. The molecule has 0 radical (unpaired) electrons. The molecule has 3 rings (SSSR count). The molecule has 1 spiro atoms. The van der Waals surface area contributed by atoms with Gasteiger partial charge in [0, 0.05) is 57.5 Å². The van der Waals surface area contributed by atoms with Gasteiger partial charge in [-0.15, -0.1) is 0 Å². The van der Waals surface area contributed by atoms with E-state index in [1.807, 2.05) is 37.9 Å². The highest BCUT2D eigenvalue weighted by Crippen LogP contribution is 2.35. The van der Waals surface area contributed by atoms with Gasteiger partial charge in [-0.1, -0.05) is 13.8 Å². The number of amides is 2. The van der Waals surface area contributed by atoms with Gasteiger partial charge in [0.15, 0.2) is 0 Å². The van der Waals surface area contributed by atoms with Gasteiger partial charge < -0.3 is 14.2 Å². The lowest BCUT2D eigenvalue weighted by Gasteiger charge is -2.33. The number of hydrogen-bond acceptors (Lipinski definition) is 4. The van der Waals surface area contributed by atoms with Crippen LogP contribution in [0.2, 0.25) is 0 Å². The number of carbonyl (C=O) groups excluding carboxylic acids is 2. The van der Waals surface area contributed by atoms with Crippen molar-refractivity contribution in [1.29, 1.82) is 0 Å². The second-order valence-corrected chi connectivity index (χ2v) is 7.63. The Morgan fingerprint density at radius 2 is 2.08 bits per heavy atom. The van der Waals surface area contributed by atoms with Crippen LogP contribution < -0.4 is 0 Å². The van der Waals surface area contributed by atoms with Crippen LogP contribution in [-0.4, -0.2) is 66.3 Å². The Morgan fingerprint density at radius 1 is 1.29 bits per heavy atom. The predicted molar refractivity (Wildman–Crippen MR) is 90.1 cm³/mol. The standard InChI is InChI=1S/C18H27N3O3/c1-14(2)17(23)21-7-6-20(10-15-5-4-8-24-15)12-18(13-21)9-16(22)19(3)11-18/h4-5,8,14H,6-7,9-13H2,1-3H3/t18-/m0/s1. The molecule has 2 amide bonds. The Hall–Kier alpha value is -1.82. The summed E-state index contributed by atoms with van der Waals surface area (Å²) < 4.78 is 5.48. The number of carbonyl (C=O) groups is 2. The van der Waals surface area contributed by atoms with Crippen molar-refractivity contribution in [3.05, 3.63) is 24.2 Å². The van der Waals surface area contributed by atoms with E-state index >= 15 is 0 Å². The van der Waals surface area contributed by atoms with E-state index in [9.17, 15) is 9.59 Å². The Balaban J connectivity index is 1.81. The maximum atomic E-state index is 12.6. The highest BCUT2D eigenvalue weighted by Gasteiger charge is 2.46. The van der Waals surface area contributed by atoms with Crippen LogP contribution >= 0.6 is 0 Å². The Bertz CT molecular complexity index is 599. The third-order valence-electron chi connectivity index (χ3n) is 5.06. The smallest absolute Gasteiger partial charge is 0.225 e. The molecule has 1 aromatic rings. The maximum absolute atomic E-state index is 12.6. The normalized spacial score (nSPS) is 25.8. The van der Waals surface area contributed by atoms with Crippen LogP contribution in [0.5, 0.6) is 0 Å². The molecular formula is C18H27N3O3. The highest BCUT2D eigenvalue weighted by molar-refractivity contribution is 5.80. The van der Waals surface area contributed by atoms with Crippen LogP contribution in [0, 0.1) is 11.3 Å². The first kappa shape index (κ1) is 17.0. The molecule has 3 heterocycles. The summed E-state index contributed by atoms with van der Waals surface area (Å²) in [6.45, 7) is 8.29. The fourth-order valence-corrected chi connectivity index (χ4v) is 3.98. The molecule has 6 heteroatoms. The lowest BCUT2D eigenvalue weighted by molar-refractivity contribution is -0.135. The average molecular weight is 333 g/mol. The Labute approximate surface area is 143 Å². The van der Waals surface area contributed by atoms with E-state index in [0.717, 1.165) is 25.4 Å². The minimum absolute atomic E-state index is 0.0199. The molecule has 0 bridgehead atoms. The monoisotopic (exact) mass is 333 g/mol. The predicted octanol–water partition coefficient (Wildman–Crippen LogP) is 1.43. The quantitative estimate of drug-likeness (QED) is 0.840. The van der Waals surface area contributed by atoms with Gasteiger partial charge in [-0.05, 0) is 12.1 Å². The summed E-state index contributed by atoms with van der Waals surface area (Å²) in [5.41, 5.74) is -0.181. The van der Waals surface area contributed by atoms with Gasteiger partial charge in [-0.25, -0.2) is 0 Å². The molecule has 1 atom stereocenters. The molecular weight excluding hydrogens is 306 g/mol. The third kappa shape index (κ3) is 3.48. The average Bonchev–Trinajstić information content (AvgIpc) is 3.06. The third-order valence-corrected chi connectivity index (χ3v) is 5.06. The van der Waals surface area contributed by atoms with Crippen molar-refractivity contribution in [2.24, 2.45) is 11.3 Å². The minimum atomic E-state index is -0.181. The van der Waals surface area contributed by atoms with Crippen molar-refractivity contribution < 1.29 is 14.0 Å². The molecule has 2 saturated heterocycles. The summed E-state index contributed by atoms with van der Waals surface area (Å²) in [6.07, 6.45) is 2.20. The van der Waals surface area contributed by atoms with Crippen LogP contribution in [0.4, 0.5) is 0 Å². The topological polar surface area (TPSA) is 57.0 Å². The van der Waals surface area contributed by atoms with E-state index in [4.69, 9.17) is 4.42 Å².